The van der Waals surface area contributed by atoms with Gasteiger partial charge in [-0.3, -0.25) is 4.79 Å². The number of hydrogen-bond donors (Lipinski definition) is 1. The highest BCUT2D eigenvalue weighted by Crippen LogP contribution is 2.31. The number of esters is 2. The molecule has 0 aliphatic rings. The molecule has 0 spiro atoms. The molecular weight excluding hydrogens is 375 g/mol. The van der Waals surface area contributed by atoms with Gasteiger partial charge in [0.05, 0.1) is 16.8 Å². The van der Waals surface area contributed by atoms with Crippen molar-refractivity contribution in [1.82, 2.24) is 0 Å². The maximum atomic E-state index is 12.9. The van der Waals surface area contributed by atoms with E-state index in [1.165, 1.54) is 18.2 Å². The molecule has 5 nitrogen and oxygen atoms in total. The van der Waals surface area contributed by atoms with E-state index in [1.54, 1.807) is 18.2 Å². The normalized spacial score (nSPS) is 11.0. The van der Waals surface area contributed by atoms with E-state index in [0.717, 1.165) is 12.1 Å². The van der Waals surface area contributed by atoms with Gasteiger partial charge in [-0.1, -0.05) is 25.1 Å². The van der Waals surface area contributed by atoms with E-state index in [9.17, 15) is 22.8 Å². The van der Waals surface area contributed by atoms with Gasteiger partial charge in [0.25, 0.3) is 0 Å². The molecule has 2 aromatic rings. The highest BCUT2D eigenvalue weighted by atomic mass is 19.4. The number of benzene rings is 2. The first-order chi connectivity index (χ1) is 13.3. The second-order valence-electron chi connectivity index (χ2n) is 5.86. The number of ether oxygens (including phenoxy) is 2. The number of hydrogen-bond acceptors (Lipinski definition) is 5. The number of carbonyl (C=O) groups excluding carboxylic acids is 2. The van der Waals surface area contributed by atoms with Crippen LogP contribution < -0.4 is 5.32 Å². The van der Waals surface area contributed by atoms with Crippen molar-refractivity contribution in [1.29, 1.82) is 0 Å². The van der Waals surface area contributed by atoms with Gasteiger partial charge in [0.15, 0.2) is 0 Å². The van der Waals surface area contributed by atoms with Gasteiger partial charge in [0.2, 0.25) is 0 Å². The smallest absolute Gasteiger partial charge is 0.416 e. The van der Waals surface area contributed by atoms with E-state index < -0.39 is 17.7 Å². The minimum atomic E-state index is -4.47. The van der Waals surface area contributed by atoms with Crippen LogP contribution in [0.25, 0.3) is 0 Å². The predicted octanol–water partition coefficient (Wildman–Crippen LogP) is 4.95. The molecule has 1 N–H and O–H groups in total. The van der Waals surface area contributed by atoms with E-state index in [0.29, 0.717) is 12.1 Å². The van der Waals surface area contributed by atoms with Crippen LogP contribution in [-0.4, -0.2) is 25.2 Å². The fourth-order valence-corrected chi connectivity index (χ4v) is 2.34. The molecule has 0 atom stereocenters. The Kier molecular flexibility index (Phi) is 7.43. The topological polar surface area (TPSA) is 64.6 Å². The van der Waals surface area contributed by atoms with Gasteiger partial charge in [-0.05, 0) is 36.8 Å². The molecule has 0 heterocycles. The monoisotopic (exact) mass is 395 g/mol. The van der Waals surface area contributed by atoms with Crippen molar-refractivity contribution >= 4 is 23.3 Å². The number of nitrogens with one attached hydrogen (secondary N) is 1. The summed E-state index contributed by atoms with van der Waals surface area (Å²) in [7, 11) is 0. The molecule has 0 aromatic heterocycles. The van der Waals surface area contributed by atoms with Gasteiger partial charge in [-0.2, -0.15) is 13.2 Å². The molecule has 8 heteroatoms. The van der Waals surface area contributed by atoms with Crippen molar-refractivity contribution in [3.05, 3.63) is 59.7 Å². The van der Waals surface area contributed by atoms with Crippen molar-refractivity contribution < 1.29 is 32.2 Å². The van der Waals surface area contributed by atoms with Crippen LogP contribution in [-0.2, 0) is 20.4 Å². The SMILES string of the molecule is CCCC(=O)OCCOC(=O)c1ccccc1Nc1cccc(C(F)(F)F)c1. The zero-order valence-corrected chi connectivity index (χ0v) is 15.2. The molecule has 2 aromatic carbocycles. The van der Waals surface area contributed by atoms with Gasteiger partial charge in [-0.15, -0.1) is 0 Å². The van der Waals surface area contributed by atoms with E-state index in [2.05, 4.69) is 5.32 Å². The molecule has 0 amide bonds. The molecule has 0 bridgehead atoms. The average Bonchev–Trinajstić information content (AvgIpc) is 2.65. The largest absolute Gasteiger partial charge is 0.462 e. The third-order valence-corrected chi connectivity index (χ3v) is 3.65. The van der Waals surface area contributed by atoms with Crippen LogP contribution in [0.3, 0.4) is 0 Å². The summed E-state index contributed by atoms with van der Waals surface area (Å²) in [5.74, 6) is -1.05. The predicted molar refractivity (Wildman–Crippen MR) is 97.3 cm³/mol. The summed E-state index contributed by atoms with van der Waals surface area (Å²) in [5.41, 5.74) is -0.162. The Labute approximate surface area is 160 Å². The van der Waals surface area contributed by atoms with Gasteiger partial charge in [-0.25, -0.2) is 4.79 Å². The van der Waals surface area contributed by atoms with Gasteiger partial charge in [0, 0.05) is 12.1 Å². The molecule has 0 saturated carbocycles. The fraction of sp³-hybridized carbons (Fsp3) is 0.300. The van der Waals surface area contributed by atoms with Crippen LogP contribution in [0, 0.1) is 0 Å². The second kappa shape index (κ2) is 9.77. The molecule has 0 aliphatic heterocycles. The number of para-hydroxylation sites is 1. The van der Waals surface area contributed by atoms with Crippen LogP contribution in [0.1, 0.15) is 35.7 Å². The lowest BCUT2D eigenvalue weighted by Gasteiger charge is -2.13. The summed E-state index contributed by atoms with van der Waals surface area (Å²) >= 11 is 0. The maximum absolute atomic E-state index is 12.9. The fourth-order valence-electron chi connectivity index (χ4n) is 2.34. The highest BCUT2D eigenvalue weighted by molar-refractivity contribution is 5.96. The highest BCUT2D eigenvalue weighted by Gasteiger charge is 2.30. The first-order valence-electron chi connectivity index (χ1n) is 8.67. The first-order valence-corrected chi connectivity index (χ1v) is 8.67. The summed E-state index contributed by atoms with van der Waals surface area (Å²) in [6.07, 6.45) is -3.52. The maximum Gasteiger partial charge on any atom is 0.416 e. The first kappa shape index (κ1) is 21.3. The van der Waals surface area contributed by atoms with E-state index in [4.69, 9.17) is 9.47 Å². The number of halogens is 3. The Hall–Kier alpha value is -3.03. The molecule has 0 radical (unpaired) electrons. The van der Waals surface area contributed by atoms with Gasteiger partial charge < -0.3 is 14.8 Å². The van der Waals surface area contributed by atoms with E-state index in [1.807, 2.05) is 6.92 Å². The summed E-state index contributed by atoms with van der Waals surface area (Å²) < 4.78 is 48.5. The molecule has 0 aliphatic carbocycles. The lowest BCUT2D eigenvalue weighted by atomic mass is 10.1. The Bertz CT molecular complexity index is 821. The van der Waals surface area contributed by atoms with Crippen LogP contribution in [0.5, 0.6) is 0 Å². The van der Waals surface area contributed by atoms with Crippen molar-refractivity contribution in [2.24, 2.45) is 0 Å². The van der Waals surface area contributed by atoms with Crippen molar-refractivity contribution in [3.63, 3.8) is 0 Å². The molecule has 0 unspecified atom stereocenters. The molecule has 150 valence electrons. The van der Waals surface area contributed by atoms with E-state index in [-0.39, 0.29) is 36.9 Å². The van der Waals surface area contributed by atoms with Gasteiger partial charge in [0.1, 0.15) is 13.2 Å². The molecule has 0 fully saturated rings. The second-order valence-corrected chi connectivity index (χ2v) is 5.86. The Morgan fingerprint density at radius 1 is 1.00 bits per heavy atom. The molecule has 28 heavy (non-hydrogen) atoms. The van der Waals surface area contributed by atoms with Crippen LogP contribution in [0.15, 0.2) is 48.5 Å². The Morgan fingerprint density at radius 2 is 1.71 bits per heavy atom. The summed E-state index contributed by atoms with van der Waals surface area (Å²) in [6, 6.07) is 10.9. The zero-order chi connectivity index (χ0) is 20.6. The summed E-state index contributed by atoms with van der Waals surface area (Å²) in [6.45, 7) is 1.66. The van der Waals surface area contributed by atoms with Crippen molar-refractivity contribution in [2.75, 3.05) is 18.5 Å². The zero-order valence-electron chi connectivity index (χ0n) is 15.2. The number of carbonyl (C=O) groups is 2. The standard InChI is InChI=1S/C20H20F3NO4/c1-2-6-18(25)27-11-12-28-19(26)16-9-3-4-10-17(16)24-15-8-5-7-14(13-15)20(21,22)23/h3-5,7-10,13,24H,2,6,11-12H2,1H3. The van der Waals surface area contributed by atoms with Crippen LogP contribution in [0.4, 0.5) is 24.5 Å². The van der Waals surface area contributed by atoms with Crippen LogP contribution in [0.2, 0.25) is 0 Å². The third-order valence-electron chi connectivity index (χ3n) is 3.65. The quantitative estimate of drug-likeness (QED) is 0.506. The molecular formula is C20H20F3NO4. The third kappa shape index (κ3) is 6.29. The van der Waals surface area contributed by atoms with Crippen molar-refractivity contribution in [3.8, 4) is 0 Å². The average molecular weight is 395 g/mol. The lowest BCUT2D eigenvalue weighted by Crippen LogP contribution is -2.14. The number of alkyl halides is 3. The molecule has 0 saturated heterocycles. The van der Waals surface area contributed by atoms with E-state index >= 15 is 0 Å². The minimum Gasteiger partial charge on any atom is -0.462 e. The Morgan fingerprint density at radius 3 is 2.43 bits per heavy atom. The number of anilines is 2. The van der Waals surface area contributed by atoms with Crippen molar-refractivity contribution in [2.45, 2.75) is 25.9 Å². The molecule has 2 rings (SSSR count). The number of rotatable bonds is 8. The van der Waals surface area contributed by atoms with Gasteiger partial charge >= 0.3 is 18.1 Å². The summed E-state index contributed by atoms with van der Waals surface area (Å²) in [5, 5.41) is 2.81. The Balaban J connectivity index is 2.03. The van der Waals surface area contributed by atoms with Crippen LogP contribution >= 0.6 is 0 Å². The summed E-state index contributed by atoms with van der Waals surface area (Å²) in [4.78, 5) is 23.5. The minimum absolute atomic E-state index is 0.0617. The lowest BCUT2D eigenvalue weighted by molar-refractivity contribution is -0.144.